The lowest BCUT2D eigenvalue weighted by molar-refractivity contribution is 0.480. The molecule has 0 bridgehead atoms. The quantitative estimate of drug-likeness (QED) is 0.194. The molecule has 2 aromatic heterocycles. The molecular weight excluding hydrogens is 611 g/mol. The summed E-state index contributed by atoms with van der Waals surface area (Å²) >= 11 is 0. The van der Waals surface area contributed by atoms with Gasteiger partial charge in [-0.15, -0.1) is 0 Å². The van der Waals surface area contributed by atoms with Crippen LogP contribution in [0.4, 0.5) is 17.2 Å². The second-order valence-electron chi connectivity index (χ2n) is 13.7. The lowest BCUT2D eigenvalue weighted by atomic mass is 9.73. The summed E-state index contributed by atoms with van der Waals surface area (Å²) in [6.07, 6.45) is 1.92. The lowest BCUT2D eigenvalue weighted by Crippen LogP contribution is -2.31. The van der Waals surface area contributed by atoms with Crippen molar-refractivity contribution in [2.45, 2.75) is 40.0 Å². The Bertz CT molecular complexity index is 2500. The minimum atomic E-state index is -0.260. The molecule has 0 amide bonds. The molecule has 8 rings (SSSR count). The highest BCUT2D eigenvalue weighted by molar-refractivity contribution is 5.93. The van der Waals surface area contributed by atoms with E-state index in [0.29, 0.717) is 5.52 Å². The van der Waals surface area contributed by atoms with E-state index >= 15 is 0 Å². The van der Waals surface area contributed by atoms with Gasteiger partial charge in [-0.1, -0.05) is 104 Å². The third kappa shape index (κ3) is 5.29. The fraction of sp³-hybridized carbons (Fsp3) is 0.130. The predicted octanol–water partition coefficient (Wildman–Crippen LogP) is 11.1. The lowest BCUT2D eigenvalue weighted by Gasteiger charge is -2.41. The molecule has 0 saturated heterocycles. The maximum absolute atomic E-state index is 11.0. The number of phenols is 1. The first-order chi connectivity index (χ1) is 24.2. The number of benzene rings is 5. The van der Waals surface area contributed by atoms with E-state index in [1.165, 1.54) is 33.4 Å². The number of aromatic nitrogens is 2. The van der Waals surface area contributed by atoms with Crippen LogP contribution in [0.25, 0.3) is 33.3 Å². The van der Waals surface area contributed by atoms with Crippen molar-refractivity contribution in [1.82, 2.24) is 9.97 Å². The molecule has 50 heavy (non-hydrogen) atoms. The van der Waals surface area contributed by atoms with Crippen LogP contribution in [0.3, 0.4) is 0 Å². The van der Waals surface area contributed by atoms with Crippen LogP contribution in [0.2, 0.25) is 0 Å². The van der Waals surface area contributed by atoms with Crippen LogP contribution in [0, 0.1) is 32.6 Å². The number of aryl methyl sites for hydroxylation is 3. The van der Waals surface area contributed by atoms with E-state index < -0.39 is 0 Å². The number of hydrogen-bond donors (Lipinski definition) is 1. The third-order valence-corrected chi connectivity index (χ3v) is 9.90. The normalized spacial score (nSPS) is 12.9. The number of anilines is 3. The van der Waals surface area contributed by atoms with Gasteiger partial charge in [-0.2, -0.15) is 0 Å². The highest BCUT2D eigenvalue weighted by Crippen LogP contribution is 2.52. The van der Waals surface area contributed by atoms with Crippen molar-refractivity contribution in [3.63, 3.8) is 0 Å². The average molecular weight is 648 g/mol. The molecular formula is C46H37N3O. The van der Waals surface area contributed by atoms with Crippen LogP contribution in [-0.2, 0) is 5.41 Å². The smallest absolute Gasteiger partial charge is 0.141 e. The summed E-state index contributed by atoms with van der Waals surface area (Å²) in [5, 5.41) is 11.8. The van der Waals surface area contributed by atoms with Crippen molar-refractivity contribution in [2.24, 2.45) is 0 Å². The van der Waals surface area contributed by atoms with Gasteiger partial charge in [0.05, 0.1) is 17.1 Å². The van der Waals surface area contributed by atoms with Crippen molar-refractivity contribution in [1.29, 1.82) is 0 Å². The van der Waals surface area contributed by atoms with Gasteiger partial charge < -0.3 is 5.11 Å². The minimum Gasteiger partial charge on any atom is -0.506 e. The molecule has 1 N–H and O–H groups in total. The standard InChI is InChI=1S/C46H37N3O/c1-29-24-30(2)44(31(3)25-29)35-22-23-47-43(28-35)49-40-16-10-9-15-37(40)46(4,5)38-21-20-34(27-41(38)49)39-26-33(19-18-32-12-7-6-8-13-32)36-14-11-17-42(50)45(36)48-39/h6-17,20-28,50H,1-5H3. The van der Waals surface area contributed by atoms with Crippen molar-refractivity contribution in [3.05, 3.63) is 166 Å². The van der Waals surface area contributed by atoms with Crippen LogP contribution in [-0.4, -0.2) is 15.1 Å². The van der Waals surface area contributed by atoms with Gasteiger partial charge in [-0.05, 0) is 103 Å². The summed E-state index contributed by atoms with van der Waals surface area (Å²) in [5.74, 6) is 7.66. The zero-order chi connectivity index (χ0) is 34.6. The monoisotopic (exact) mass is 647 g/mol. The summed E-state index contributed by atoms with van der Waals surface area (Å²) in [4.78, 5) is 12.3. The van der Waals surface area contributed by atoms with Gasteiger partial charge in [-0.25, -0.2) is 9.97 Å². The number of nitrogens with zero attached hydrogens (tertiary/aromatic N) is 3. The molecule has 0 unspecified atom stereocenters. The van der Waals surface area contributed by atoms with Crippen molar-refractivity contribution >= 4 is 28.1 Å². The van der Waals surface area contributed by atoms with Gasteiger partial charge in [0.2, 0.25) is 0 Å². The Hall–Kier alpha value is -6.18. The SMILES string of the molecule is Cc1cc(C)c(-c2ccnc(N3c4ccccc4C(C)(C)c4ccc(-c5cc(C#Cc6ccccc6)c6cccc(O)c6n5)cc43)c2)c(C)c1. The summed E-state index contributed by atoms with van der Waals surface area (Å²) < 4.78 is 0. The zero-order valence-corrected chi connectivity index (χ0v) is 28.9. The van der Waals surface area contributed by atoms with Gasteiger partial charge in [0.1, 0.15) is 17.1 Å². The highest BCUT2D eigenvalue weighted by Gasteiger charge is 2.37. The van der Waals surface area contributed by atoms with E-state index in [9.17, 15) is 5.11 Å². The molecule has 1 aliphatic rings. The summed E-state index contributed by atoms with van der Waals surface area (Å²) in [6, 6.07) is 41.5. The topological polar surface area (TPSA) is 49.2 Å². The number of fused-ring (bicyclic) bond motifs is 3. The van der Waals surface area contributed by atoms with E-state index in [1.54, 1.807) is 6.07 Å². The van der Waals surface area contributed by atoms with Crippen LogP contribution in [0.1, 0.15) is 52.8 Å². The molecule has 0 aliphatic carbocycles. The van der Waals surface area contributed by atoms with E-state index in [1.807, 2.05) is 54.7 Å². The van der Waals surface area contributed by atoms with Gasteiger partial charge >= 0.3 is 0 Å². The van der Waals surface area contributed by atoms with E-state index in [0.717, 1.165) is 50.5 Å². The Balaban J connectivity index is 1.33. The molecule has 0 spiro atoms. The first-order valence-corrected chi connectivity index (χ1v) is 17.0. The van der Waals surface area contributed by atoms with Crippen LogP contribution >= 0.6 is 0 Å². The van der Waals surface area contributed by atoms with Gasteiger partial charge in [0.15, 0.2) is 0 Å². The maximum atomic E-state index is 11.0. The largest absolute Gasteiger partial charge is 0.506 e. The molecule has 7 aromatic rings. The maximum Gasteiger partial charge on any atom is 0.141 e. The Morgan fingerprint density at radius 3 is 2.20 bits per heavy atom. The molecule has 0 atom stereocenters. The number of phenolic OH excluding ortho intramolecular Hbond substituents is 1. The van der Waals surface area contributed by atoms with Gasteiger partial charge in [-0.3, -0.25) is 4.90 Å². The molecule has 0 radical (unpaired) electrons. The van der Waals surface area contributed by atoms with E-state index in [-0.39, 0.29) is 11.2 Å². The number of aromatic hydroxyl groups is 1. The molecule has 0 saturated carbocycles. The number of para-hydroxylation sites is 2. The zero-order valence-electron chi connectivity index (χ0n) is 28.9. The molecule has 242 valence electrons. The van der Waals surface area contributed by atoms with Gasteiger partial charge in [0.25, 0.3) is 0 Å². The fourth-order valence-electron chi connectivity index (χ4n) is 7.60. The Morgan fingerprint density at radius 1 is 0.660 bits per heavy atom. The Labute approximate surface area is 293 Å². The minimum absolute atomic E-state index is 0.129. The predicted molar refractivity (Wildman–Crippen MR) is 206 cm³/mol. The summed E-state index contributed by atoms with van der Waals surface area (Å²) in [7, 11) is 0. The average Bonchev–Trinajstić information content (AvgIpc) is 3.11. The second kappa shape index (κ2) is 12.1. The summed E-state index contributed by atoms with van der Waals surface area (Å²) in [5.41, 5.74) is 14.4. The van der Waals surface area contributed by atoms with E-state index in [4.69, 9.17) is 9.97 Å². The van der Waals surface area contributed by atoms with Crippen LogP contribution in [0.15, 0.2) is 128 Å². The summed E-state index contributed by atoms with van der Waals surface area (Å²) in [6.45, 7) is 11.1. The highest BCUT2D eigenvalue weighted by atomic mass is 16.3. The van der Waals surface area contributed by atoms with Crippen molar-refractivity contribution in [3.8, 4) is 40.0 Å². The van der Waals surface area contributed by atoms with Crippen LogP contribution in [0.5, 0.6) is 5.75 Å². The number of hydrogen-bond acceptors (Lipinski definition) is 4. The number of pyridine rings is 2. The number of rotatable bonds is 3. The fourth-order valence-corrected chi connectivity index (χ4v) is 7.60. The first kappa shape index (κ1) is 31.1. The van der Waals surface area contributed by atoms with Crippen molar-refractivity contribution < 1.29 is 5.11 Å². The Kier molecular flexibility index (Phi) is 7.50. The molecule has 5 aromatic carbocycles. The molecule has 1 aliphatic heterocycles. The van der Waals surface area contributed by atoms with E-state index in [2.05, 4.69) is 118 Å². The van der Waals surface area contributed by atoms with Gasteiger partial charge in [0, 0.05) is 33.7 Å². The van der Waals surface area contributed by atoms with Crippen LogP contribution < -0.4 is 4.90 Å². The second-order valence-corrected chi connectivity index (χ2v) is 13.7. The first-order valence-electron chi connectivity index (χ1n) is 17.0. The molecule has 0 fully saturated rings. The Morgan fingerprint density at radius 2 is 1.40 bits per heavy atom. The molecule has 4 nitrogen and oxygen atoms in total. The molecule has 4 heteroatoms. The molecule has 3 heterocycles. The third-order valence-electron chi connectivity index (χ3n) is 9.90. The van der Waals surface area contributed by atoms with Crippen molar-refractivity contribution in [2.75, 3.05) is 4.90 Å².